The van der Waals surface area contributed by atoms with Crippen LogP contribution >= 0.6 is 0 Å². The van der Waals surface area contributed by atoms with Crippen LogP contribution in [-0.2, 0) is 37.0 Å². The fourth-order valence-corrected chi connectivity index (χ4v) is 39.9. The van der Waals surface area contributed by atoms with Gasteiger partial charge in [-0.05, 0) is 5.70 Å². The maximum atomic E-state index is 6.56. The van der Waals surface area contributed by atoms with Crippen molar-refractivity contribution in [2.24, 2.45) is 0 Å². The molecule has 0 aromatic heterocycles. The minimum atomic E-state index is -3.23. The maximum Gasteiger partial charge on any atom is 0.503 e. The van der Waals surface area contributed by atoms with Gasteiger partial charge in [0, 0.05) is 0 Å². The fourth-order valence-electron chi connectivity index (χ4n) is 3.25. The van der Waals surface area contributed by atoms with Gasteiger partial charge in [-0.3, -0.25) is 0 Å². The molecule has 0 N–H and O–H groups in total. The summed E-state index contributed by atoms with van der Waals surface area (Å²) in [4.78, 5) is 0.861. The molecule has 0 rings (SSSR count). The predicted octanol–water partition coefficient (Wildman–Crippen LogP) is -4.32. The Hall–Kier alpha value is 1.98. The molecular formula is C11H46O9Si12. The van der Waals surface area contributed by atoms with Crippen molar-refractivity contribution in [1.29, 1.82) is 0 Å². The van der Waals surface area contributed by atoms with Crippen LogP contribution < -0.4 is 0 Å². The van der Waals surface area contributed by atoms with Crippen LogP contribution in [0, 0.1) is 0 Å². The number of hydrogen-bond acceptors (Lipinski definition) is 9. The highest BCUT2D eigenvalue weighted by atomic mass is 28.5. The quantitative estimate of drug-likeness (QED) is 0.114. The van der Waals surface area contributed by atoms with Crippen LogP contribution in [0.15, 0.2) is 10.5 Å². The van der Waals surface area contributed by atoms with Gasteiger partial charge in [0.25, 0.3) is 0 Å². The lowest BCUT2D eigenvalue weighted by Gasteiger charge is -2.41. The third-order valence-corrected chi connectivity index (χ3v) is 33.0. The molecule has 0 fully saturated rings. The van der Waals surface area contributed by atoms with E-state index in [2.05, 4.69) is 64.6 Å². The summed E-state index contributed by atoms with van der Waals surface area (Å²) in [5.74, 6) is 0. The summed E-state index contributed by atoms with van der Waals surface area (Å²) in [6, 6.07) is 0. The zero-order valence-corrected chi connectivity index (χ0v) is 37.3. The van der Waals surface area contributed by atoms with Crippen molar-refractivity contribution in [2.45, 2.75) is 58.9 Å². The molecule has 0 radical (unpaired) electrons. The third kappa shape index (κ3) is 10.2. The Kier molecular flexibility index (Phi) is 20.3. The number of rotatable bonds is 21. The van der Waals surface area contributed by atoms with E-state index in [1.165, 1.54) is 0 Å². The Morgan fingerprint density at radius 1 is 0.406 bits per heavy atom. The molecule has 0 aliphatic rings. The first-order valence-electron chi connectivity index (χ1n) is 11.9. The Bertz CT molecular complexity index is 440. The van der Waals surface area contributed by atoms with Crippen molar-refractivity contribution >= 4 is 114 Å². The molecule has 0 aliphatic carbocycles. The maximum absolute atomic E-state index is 6.56. The monoisotopic (exact) mass is 658 g/mol. The van der Waals surface area contributed by atoms with Crippen LogP contribution in [0.4, 0.5) is 0 Å². The van der Waals surface area contributed by atoms with Crippen molar-refractivity contribution in [2.75, 3.05) is 0 Å². The molecule has 0 aromatic carbocycles. The molecule has 0 heterocycles. The van der Waals surface area contributed by atoms with Crippen LogP contribution in [0.3, 0.4) is 0 Å². The van der Waals surface area contributed by atoms with E-state index in [4.69, 9.17) is 37.0 Å². The van der Waals surface area contributed by atoms with Crippen LogP contribution in [0.5, 0.6) is 0 Å². The molecule has 0 amide bonds. The average molecular weight is 660 g/mol. The highest BCUT2D eigenvalue weighted by Gasteiger charge is 2.61. The van der Waals surface area contributed by atoms with Crippen molar-refractivity contribution in [3.05, 3.63) is 10.5 Å². The largest absolute Gasteiger partial charge is 0.503 e. The van der Waals surface area contributed by atoms with Crippen molar-refractivity contribution in [3.8, 4) is 0 Å². The van der Waals surface area contributed by atoms with E-state index >= 15 is 0 Å². The number of hydrogen-bond donors (Lipinski definition) is 0. The lowest BCUT2D eigenvalue weighted by Crippen LogP contribution is -2.64. The van der Waals surface area contributed by atoms with Gasteiger partial charge in [0.2, 0.25) is 0 Å². The van der Waals surface area contributed by atoms with E-state index in [0.717, 1.165) is 4.82 Å². The molecular weight excluding hydrogens is 613 g/mol. The SMILES string of the molecule is C[SiH2]O[Si](C=C([Si](O[SiH2]C)(O[SiH2]C)O[SiH2]C)[Si](O[SiH2]C)(O[SiH2]C)O[SiH2]C)(O[SiH2]C)O[SiH2]C. The highest BCUT2D eigenvalue weighted by molar-refractivity contribution is 7.00. The van der Waals surface area contributed by atoms with Gasteiger partial charge in [0.15, 0.2) is 0 Å². The Labute approximate surface area is 219 Å². The van der Waals surface area contributed by atoms with Crippen molar-refractivity contribution in [3.63, 3.8) is 0 Å². The van der Waals surface area contributed by atoms with Gasteiger partial charge in [-0.1, -0.05) is 58.9 Å². The second-order valence-corrected chi connectivity index (χ2v) is 27.1. The van der Waals surface area contributed by atoms with E-state index < -0.39 is 114 Å². The summed E-state index contributed by atoms with van der Waals surface area (Å²) >= 11 is 0. The summed E-state index contributed by atoms with van der Waals surface area (Å²) in [6.07, 6.45) is 0. The molecule has 0 bridgehead atoms. The molecule has 32 heavy (non-hydrogen) atoms. The van der Waals surface area contributed by atoms with E-state index in [-0.39, 0.29) is 0 Å². The molecule has 0 atom stereocenters. The smallest absolute Gasteiger partial charge is 0.420 e. The molecule has 0 unspecified atom stereocenters. The first-order valence-corrected chi connectivity index (χ1v) is 35.1. The van der Waals surface area contributed by atoms with Crippen LogP contribution in [0.1, 0.15) is 0 Å². The molecule has 0 aromatic rings. The van der Waals surface area contributed by atoms with E-state index in [1.807, 2.05) is 0 Å². The van der Waals surface area contributed by atoms with Gasteiger partial charge < -0.3 is 37.0 Å². The molecule has 0 spiro atoms. The molecule has 21 heteroatoms. The van der Waals surface area contributed by atoms with E-state index in [0.29, 0.717) is 0 Å². The zero-order valence-electron chi connectivity index (χ0n) is 21.6. The summed E-state index contributed by atoms with van der Waals surface area (Å²) in [6.45, 7) is 19.1. The molecule has 0 saturated heterocycles. The first kappa shape index (κ1) is 34.0. The van der Waals surface area contributed by atoms with Gasteiger partial charge in [0.1, 0.15) is 87.9 Å². The van der Waals surface area contributed by atoms with E-state index in [9.17, 15) is 0 Å². The molecule has 192 valence electrons. The summed E-state index contributed by atoms with van der Waals surface area (Å²) in [5.41, 5.74) is 2.09. The van der Waals surface area contributed by atoms with Crippen molar-refractivity contribution < 1.29 is 37.0 Å². The first-order chi connectivity index (χ1) is 15.4. The van der Waals surface area contributed by atoms with Crippen molar-refractivity contribution in [1.82, 2.24) is 0 Å². The minimum absolute atomic E-state index is 0.781. The van der Waals surface area contributed by atoms with E-state index in [1.54, 1.807) is 0 Å². The molecule has 0 saturated carbocycles. The fraction of sp³-hybridized carbons (Fsp3) is 0.818. The average Bonchev–Trinajstić information content (AvgIpc) is 2.73. The summed E-state index contributed by atoms with van der Waals surface area (Å²) in [7, 11) is -16.9. The van der Waals surface area contributed by atoms with Gasteiger partial charge in [-0.15, -0.1) is 0 Å². The highest BCUT2D eigenvalue weighted by Crippen LogP contribution is 2.33. The normalized spacial score (nSPS) is 20.8. The lowest BCUT2D eigenvalue weighted by atomic mass is 11.2. The molecule has 9 nitrogen and oxygen atoms in total. The topological polar surface area (TPSA) is 83.1 Å². The predicted molar refractivity (Wildman–Crippen MR) is 165 cm³/mol. The Morgan fingerprint density at radius 2 is 0.625 bits per heavy atom. The molecule has 0 aliphatic heterocycles. The zero-order chi connectivity index (χ0) is 24.5. The van der Waals surface area contributed by atoms with Gasteiger partial charge in [-0.25, -0.2) is 0 Å². The van der Waals surface area contributed by atoms with Crippen LogP contribution in [-0.4, -0.2) is 114 Å². The minimum Gasteiger partial charge on any atom is -0.420 e. The van der Waals surface area contributed by atoms with Gasteiger partial charge in [-0.2, -0.15) is 0 Å². The van der Waals surface area contributed by atoms with Gasteiger partial charge in [0.05, 0.1) is 4.82 Å². The van der Waals surface area contributed by atoms with Crippen LogP contribution in [0.2, 0.25) is 58.9 Å². The summed E-state index contributed by atoms with van der Waals surface area (Å²) in [5, 5.41) is 0. The van der Waals surface area contributed by atoms with Crippen LogP contribution in [0.25, 0.3) is 0 Å². The standard InChI is InChI=1S/C11H46O9Si12/c1-21-12-30(13-22-2,14-23-3)10-11(31(15-24-4,16-25-5)17-26-6)32(18-27-7,19-28-8)20-29-9/h10H,21-29H2,1-9H3. The Morgan fingerprint density at radius 3 is 0.812 bits per heavy atom. The second-order valence-electron chi connectivity index (χ2n) is 6.17. The summed E-state index contributed by atoms with van der Waals surface area (Å²) < 4.78 is 58.6. The third-order valence-electron chi connectivity index (χ3n) is 4.02. The van der Waals surface area contributed by atoms with Gasteiger partial charge >= 0.3 is 26.4 Å². The lowest BCUT2D eigenvalue weighted by molar-refractivity contribution is 0.267. The second kappa shape index (κ2) is 19.1. The Balaban J connectivity index is 7.30.